The minimum Gasteiger partial charge on any atom is -0.387 e. The summed E-state index contributed by atoms with van der Waals surface area (Å²) in [6.07, 6.45) is -1.09. The molecule has 188 valence electrons. The Hall–Kier alpha value is -0.850. The molecule has 2 aromatic rings. The molecular formula is C26H41Cl3N2O2. The maximum Gasteiger partial charge on any atom is 0.0940 e. The van der Waals surface area contributed by atoms with E-state index in [0.717, 1.165) is 11.1 Å². The summed E-state index contributed by atoms with van der Waals surface area (Å²) in [5.74, 6) is 0. The molecule has 7 heteroatoms. The highest BCUT2D eigenvalue weighted by molar-refractivity contribution is 6.30. The van der Waals surface area contributed by atoms with Gasteiger partial charge in [0.25, 0.3) is 0 Å². The van der Waals surface area contributed by atoms with Gasteiger partial charge in [-0.05, 0) is 90.8 Å². The fourth-order valence-electron chi connectivity index (χ4n) is 3.48. The minimum absolute atomic E-state index is 0. The van der Waals surface area contributed by atoms with Gasteiger partial charge in [0, 0.05) is 33.2 Å². The Bertz CT molecular complexity index is 765. The highest BCUT2D eigenvalue weighted by atomic mass is 35.5. The van der Waals surface area contributed by atoms with Crippen molar-refractivity contribution in [2.75, 3.05) is 0 Å². The lowest BCUT2D eigenvalue weighted by Gasteiger charge is -2.29. The van der Waals surface area contributed by atoms with Gasteiger partial charge in [-0.3, -0.25) is 0 Å². The topological polar surface area (TPSA) is 64.5 Å². The second-order valence-corrected chi connectivity index (χ2v) is 11.2. The normalized spacial score (nSPS) is 15.4. The largest absolute Gasteiger partial charge is 0.387 e. The summed E-state index contributed by atoms with van der Waals surface area (Å²) in [6, 6.07) is 14.7. The number of hydrogen-bond acceptors (Lipinski definition) is 4. The summed E-state index contributed by atoms with van der Waals surface area (Å²) < 4.78 is 0. The van der Waals surface area contributed by atoms with Crippen molar-refractivity contribution in [3.05, 3.63) is 69.7 Å². The smallest absolute Gasteiger partial charge is 0.0940 e. The van der Waals surface area contributed by atoms with Gasteiger partial charge in [-0.1, -0.05) is 47.5 Å². The van der Waals surface area contributed by atoms with Crippen LogP contribution in [0.5, 0.6) is 0 Å². The molecule has 0 aliphatic carbocycles. The molecule has 0 aliphatic rings. The molecule has 0 spiro atoms. The third kappa shape index (κ3) is 13.0. The highest BCUT2D eigenvalue weighted by Crippen LogP contribution is 2.22. The van der Waals surface area contributed by atoms with Crippen molar-refractivity contribution >= 4 is 35.6 Å². The summed E-state index contributed by atoms with van der Waals surface area (Å²) >= 11 is 11.8. The number of benzene rings is 2. The summed E-state index contributed by atoms with van der Waals surface area (Å²) in [4.78, 5) is 0. The molecule has 2 rings (SSSR count). The molecule has 0 amide bonds. The van der Waals surface area contributed by atoms with E-state index >= 15 is 0 Å². The van der Waals surface area contributed by atoms with Gasteiger partial charge < -0.3 is 20.8 Å². The van der Waals surface area contributed by atoms with Crippen LogP contribution >= 0.6 is 35.6 Å². The average molecular weight is 520 g/mol. The van der Waals surface area contributed by atoms with Crippen molar-refractivity contribution in [2.45, 2.75) is 90.8 Å². The molecule has 0 fully saturated rings. The number of rotatable bonds is 6. The van der Waals surface area contributed by atoms with Gasteiger partial charge in [0.05, 0.1) is 12.2 Å². The van der Waals surface area contributed by atoms with Crippen LogP contribution in [0.25, 0.3) is 0 Å². The van der Waals surface area contributed by atoms with E-state index in [9.17, 15) is 10.2 Å². The quantitative estimate of drug-likeness (QED) is 0.342. The molecule has 0 aromatic heterocycles. The maximum absolute atomic E-state index is 10.2. The summed E-state index contributed by atoms with van der Waals surface area (Å²) in [5.41, 5.74) is 1.66. The van der Waals surface area contributed by atoms with Gasteiger partial charge in [0.2, 0.25) is 0 Å². The van der Waals surface area contributed by atoms with Crippen molar-refractivity contribution in [3.8, 4) is 0 Å². The van der Waals surface area contributed by atoms with Crippen LogP contribution in [0.4, 0.5) is 0 Å². The predicted molar refractivity (Wildman–Crippen MR) is 145 cm³/mol. The van der Waals surface area contributed by atoms with Crippen molar-refractivity contribution in [1.82, 2.24) is 10.6 Å². The van der Waals surface area contributed by atoms with Gasteiger partial charge in [-0.25, -0.2) is 0 Å². The number of hydrogen-bond donors (Lipinski definition) is 4. The Morgan fingerprint density at radius 3 is 1.21 bits per heavy atom. The lowest BCUT2D eigenvalue weighted by atomic mass is 10.00. The van der Waals surface area contributed by atoms with Crippen molar-refractivity contribution < 1.29 is 10.2 Å². The second kappa shape index (κ2) is 13.9. The summed E-state index contributed by atoms with van der Waals surface area (Å²) in [5, 5.41) is 28.3. The number of aliphatic hydroxyl groups is 2. The summed E-state index contributed by atoms with van der Waals surface area (Å²) in [6.45, 7) is 16.4. The molecule has 4 atom stereocenters. The van der Waals surface area contributed by atoms with E-state index in [2.05, 4.69) is 52.2 Å². The first-order valence-electron chi connectivity index (χ1n) is 11.0. The van der Waals surface area contributed by atoms with Gasteiger partial charge in [-0.15, -0.1) is 12.4 Å². The Morgan fingerprint density at radius 1 is 0.667 bits per heavy atom. The lowest BCUT2D eigenvalue weighted by Crippen LogP contribution is -2.44. The van der Waals surface area contributed by atoms with Gasteiger partial charge >= 0.3 is 0 Å². The minimum atomic E-state index is -0.544. The summed E-state index contributed by atoms with van der Waals surface area (Å²) in [7, 11) is 0. The monoisotopic (exact) mass is 518 g/mol. The van der Waals surface area contributed by atoms with Crippen LogP contribution in [0.1, 0.15) is 78.7 Å². The Balaban J connectivity index is 0.000000602. The molecule has 4 nitrogen and oxygen atoms in total. The van der Waals surface area contributed by atoms with E-state index in [-0.39, 0.29) is 35.6 Å². The molecule has 33 heavy (non-hydrogen) atoms. The molecular weight excluding hydrogens is 479 g/mol. The van der Waals surface area contributed by atoms with Gasteiger partial charge in [-0.2, -0.15) is 0 Å². The Kier molecular flexibility index (Phi) is 13.5. The first kappa shape index (κ1) is 32.1. The van der Waals surface area contributed by atoms with E-state index in [1.165, 1.54) is 0 Å². The maximum atomic E-state index is 10.2. The Morgan fingerprint density at radius 2 is 0.970 bits per heavy atom. The third-order valence-electron chi connectivity index (χ3n) is 4.65. The standard InChI is InChI=1S/2C13H20ClNO.ClH/c2*1-9(15-13(2,3)4)12(16)10-6-5-7-11(14)8-10;/h2*5-9,12,15-16H,1-4H3;1H/t2*9-,12+;/m10./s1. The molecule has 0 saturated carbocycles. The van der Waals surface area contributed by atoms with E-state index in [4.69, 9.17) is 23.2 Å². The van der Waals surface area contributed by atoms with E-state index in [1.54, 1.807) is 24.3 Å². The van der Waals surface area contributed by atoms with Crippen molar-refractivity contribution in [1.29, 1.82) is 0 Å². The van der Waals surface area contributed by atoms with Gasteiger partial charge in [0.1, 0.15) is 0 Å². The zero-order valence-electron chi connectivity index (χ0n) is 21.0. The molecule has 0 heterocycles. The first-order valence-corrected chi connectivity index (χ1v) is 11.8. The first-order chi connectivity index (χ1) is 14.6. The zero-order chi connectivity index (χ0) is 24.7. The van der Waals surface area contributed by atoms with Crippen LogP contribution in [-0.2, 0) is 0 Å². The lowest BCUT2D eigenvalue weighted by molar-refractivity contribution is 0.121. The SMILES string of the molecule is C[C@@H](NC(C)(C)C)[C@H](O)c1cccc(Cl)c1.C[C@H](NC(C)(C)C)[C@@H](O)c1cccc(Cl)c1.Cl. The molecule has 0 aliphatic heterocycles. The second-order valence-electron chi connectivity index (χ2n) is 10.4. The Labute approximate surface area is 216 Å². The molecule has 0 radical (unpaired) electrons. The number of halogens is 3. The average Bonchev–Trinajstić information content (AvgIpc) is 2.64. The fourth-order valence-corrected chi connectivity index (χ4v) is 3.88. The molecule has 4 N–H and O–H groups in total. The van der Waals surface area contributed by atoms with Crippen LogP contribution in [-0.4, -0.2) is 33.4 Å². The van der Waals surface area contributed by atoms with Crippen LogP contribution in [0.2, 0.25) is 10.0 Å². The van der Waals surface area contributed by atoms with Crippen LogP contribution in [0, 0.1) is 0 Å². The van der Waals surface area contributed by atoms with Crippen molar-refractivity contribution in [2.24, 2.45) is 0 Å². The molecule has 0 unspecified atom stereocenters. The fraction of sp³-hybridized carbons (Fsp3) is 0.538. The van der Waals surface area contributed by atoms with Crippen LogP contribution in [0.3, 0.4) is 0 Å². The van der Waals surface area contributed by atoms with Crippen LogP contribution < -0.4 is 10.6 Å². The highest BCUT2D eigenvalue weighted by Gasteiger charge is 2.22. The van der Waals surface area contributed by atoms with Crippen LogP contribution in [0.15, 0.2) is 48.5 Å². The van der Waals surface area contributed by atoms with E-state index < -0.39 is 12.2 Å². The van der Waals surface area contributed by atoms with E-state index in [1.807, 2.05) is 38.1 Å². The predicted octanol–water partition coefficient (Wildman–Crippen LogP) is 6.72. The van der Waals surface area contributed by atoms with Gasteiger partial charge in [0.15, 0.2) is 0 Å². The number of aliphatic hydroxyl groups excluding tert-OH is 2. The molecule has 0 bridgehead atoms. The third-order valence-corrected chi connectivity index (χ3v) is 5.12. The molecule has 0 saturated heterocycles. The zero-order valence-corrected chi connectivity index (χ0v) is 23.3. The number of nitrogens with one attached hydrogen (secondary N) is 2. The van der Waals surface area contributed by atoms with Crippen molar-refractivity contribution in [3.63, 3.8) is 0 Å². The van der Waals surface area contributed by atoms with E-state index in [0.29, 0.717) is 10.0 Å². The molecule has 2 aromatic carbocycles.